The number of hydrogen-bond donors (Lipinski definition) is 1. The summed E-state index contributed by atoms with van der Waals surface area (Å²) in [5, 5.41) is 12.4. The largest absolute Gasteiger partial charge is 0.465 e. The molecule has 33 heavy (non-hydrogen) atoms. The quantitative estimate of drug-likeness (QED) is 0.459. The Bertz CT molecular complexity index is 1400. The molecule has 0 spiro atoms. The van der Waals surface area contributed by atoms with Gasteiger partial charge in [-0.25, -0.2) is 14.2 Å². The summed E-state index contributed by atoms with van der Waals surface area (Å²) in [6, 6.07) is 15.7. The van der Waals surface area contributed by atoms with Crippen molar-refractivity contribution in [3.8, 4) is 5.69 Å². The first-order valence-corrected chi connectivity index (χ1v) is 10.6. The third-order valence-electron chi connectivity index (χ3n) is 5.56. The number of hydrogen-bond acceptors (Lipinski definition) is 6. The Morgan fingerprint density at radius 2 is 1.82 bits per heavy atom. The summed E-state index contributed by atoms with van der Waals surface area (Å²) in [5.41, 5.74) is 2.46. The van der Waals surface area contributed by atoms with Crippen LogP contribution in [0.25, 0.3) is 16.6 Å². The van der Waals surface area contributed by atoms with Crippen molar-refractivity contribution in [2.24, 2.45) is 0 Å². The van der Waals surface area contributed by atoms with Gasteiger partial charge < -0.3 is 10.1 Å². The molecule has 0 radical (unpaired) electrons. The van der Waals surface area contributed by atoms with Crippen molar-refractivity contribution < 1.29 is 14.3 Å². The van der Waals surface area contributed by atoms with Gasteiger partial charge in [-0.15, -0.1) is 0 Å². The van der Waals surface area contributed by atoms with E-state index in [0.29, 0.717) is 16.8 Å². The lowest BCUT2D eigenvalue weighted by Gasteiger charge is -2.11. The minimum Gasteiger partial charge on any atom is -0.465 e. The number of esters is 1. The number of carbonyl (C=O) groups excluding carboxylic acids is 2. The van der Waals surface area contributed by atoms with Gasteiger partial charge in [-0.1, -0.05) is 18.2 Å². The van der Waals surface area contributed by atoms with Crippen molar-refractivity contribution in [3.63, 3.8) is 0 Å². The second kappa shape index (κ2) is 8.34. The average Bonchev–Trinajstić information content (AvgIpc) is 3.59. The second-order valence-electron chi connectivity index (χ2n) is 7.89. The Morgan fingerprint density at radius 3 is 2.48 bits per heavy atom. The van der Waals surface area contributed by atoms with Crippen LogP contribution in [-0.2, 0) is 16.1 Å². The second-order valence-corrected chi connectivity index (χ2v) is 7.89. The summed E-state index contributed by atoms with van der Waals surface area (Å²) in [4.78, 5) is 37.6. The standard InChI is InChI=1S/C24H21N5O4/c1-33-24(32)16-9-11-17(12-10-16)26-20(30)14-28-23(31)22-19(21(27-28)15-7-8-15)13-25-29(22)18-5-3-2-4-6-18/h2-6,9-13,15H,7-8,14H2,1H3,(H,26,30). The van der Waals surface area contributed by atoms with Crippen LogP contribution in [0.5, 0.6) is 0 Å². The van der Waals surface area contributed by atoms with Crippen molar-refractivity contribution in [1.82, 2.24) is 19.6 Å². The molecule has 0 unspecified atom stereocenters. The summed E-state index contributed by atoms with van der Waals surface area (Å²) >= 11 is 0. The average molecular weight is 443 g/mol. The minimum absolute atomic E-state index is 0.243. The number of fused-ring (bicyclic) bond motifs is 1. The highest BCUT2D eigenvalue weighted by Crippen LogP contribution is 2.41. The molecule has 0 atom stereocenters. The van der Waals surface area contributed by atoms with Crippen LogP contribution in [0.15, 0.2) is 65.6 Å². The number of para-hydroxylation sites is 1. The number of anilines is 1. The number of nitrogens with one attached hydrogen (secondary N) is 1. The number of aromatic nitrogens is 4. The van der Waals surface area contributed by atoms with Gasteiger partial charge in [0.2, 0.25) is 5.91 Å². The predicted octanol–water partition coefficient (Wildman–Crippen LogP) is 2.88. The Hall–Kier alpha value is -4.27. The molecule has 9 nitrogen and oxygen atoms in total. The molecule has 1 aliphatic carbocycles. The van der Waals surface area contributed by atoms with Gasteiger partial charge in [-0.2, -0.15) is 10.2 Å². The number of methoxy groups -OCH3 is 1. The fourth-order valence-electron chi connectivity index (χ4n) is 3.77. The van der Waals surface area contributed by atoms with Gasteiger partial charge in [0.05, 0.1) is 30.3 Å². The predicted molar refractivity (Wildman–Crippen MR) is 122 cm³/mol. The lowest BCUT2D eigenvalue weighted by atomic mass is 10.2. The molecule has 1 aliphatic rings. The zero-order chi connectivity index (χ0) is 22.9. The smallest absolute Gasteiger partial charge is 0.337 e. The van der Waals surface area contributed by atoms with Gasteiger partial charge in [0.25, 0.3) is 5.56 Å². The molecule has 0 saturated heterocycles. The molecule has 1 N–H and O–H groups in total. The lowest BCUT2D eigenvalue weighted by Crippen LogP contribution is -2.31. The van der Waals surface area contributed by atoms with Gasteiger partial charge >= 0.3 is 5.97 Å². The van der Waals surface area contributed by atoms with E-state index >= 15 is 0 Å². The van der Waals surface area contributed by atoms with Crippen LogP contribution < -0.4 is 10.9 Å². The number of amides is 1. The van der Waals surface area contributed by atoms with E-state index in [4.69, 9.17) is 0 Å². The maximum Gasteiger partial charge on any atom is 0.337 e. The van der Waals surface area contributed by atoms with Gasteiger partial charge in [0.1, 0.15) is 12.1 Å². The van der Waals surface area contributed by atoms with Crippen LogP contribution in [0, 0.1) is 0 Å². The molecule has 0 aliphatic heterocycles. The first-order valence-electron chi connectivity index (χ1n) is 10.6. The van der Waals surface area contributed by atoms with Gasteiger partial charge in [-0.05, 0) is 49.2 Å². The minimum atomic E-state index is -0.459. The zero-order valence-electron chi connectivity index (χ0n) is 17.9. The highest BCUT2D eigenvalue weighted by Gasteiger charge is 2.30. The maximum atomic E-state index is 13.3. The summed E-state index contributed by atoms with van der Waals surface area (Å²) in [7, 11) is 1.30. The third kappa shape index (κ3) is 4.00. The molecule has 1 amide bonds. The molecular weight excluding hydrogens is 422 g/mol. The molecule has 0 bridgehead atoms. The molecule has 4 aromatic rings. The number of carbonyl (C=O) groups is 2. The van der Waals surface area contributed by atoms with Crippen LogP contribution in [0.1, 0.15) is 34.8 Å². The highest BCUT2D eigenvalue weighted by atomic mass is 16.5. The van der Waals surface area contributed by atoms with E-state index in [1.165, 1.54) is 11.8 Å². The van der Waals surface area contributed by atoms with Crippen molar-refractivity contribution >= 4 is 28.5 Å². The molecule has 9 heteroatoms. The molecule has 2 aromatic heterocycles. The molecule has 1 saturated carbocycles. The van der Waals surface area contributed by atoms with E-state index in [0.717, 1.165) is 29.6 Å². The van der Waals surface area contributed by atoms with E-state index < -0.39 is 11.9 Å². The highest BCUT2D eigenvalue weighted by molar-refractivity contribution is 5.93. The molecule has 2 aromatic carbocycles. The summed E-state index contributed by atoms with van der Waals surface area (Å²) in [5.74, 6) is -0.594. The van der Waals surface area contributed by atoms with Crippen LogP contribution in [0.3, 0.4) is 0 Å². The zero-order valence-corrected chi connectivity index (χ0v) is 17.9. The van der Waals surface area contributed by atoms with Crippen LogP contribution in [0.2, 0.25) is 0 Å². The van der Waals surface area contributed by atoms with E-state index in [-0.39, 0.29) is 18.0 Å². The lowest BCUT2D eigenvalue weighted by molar-refractivity contribution is -0.117. The number of nitrogens with zero attached hydrogens (tertiary/aromatic N) is 4. The van der Waals surface area contributed by atoms with Gasteiger partial charge in [-0.3, -0.25) is 9.59 Å². The molecular formula is C24H21N5O4. The first kappa shape index (κ1) is 20.6. The molecule has 2 heterocycles. The van der Waals surface area contributed by atoms with Gasteiger partial charge in [0.15, 0.2) is 0 Å². The van der Waals surface area contributed by atoms with Gasteiger partial charge in [0, 0.05) is 17.0 Å². The van der Waals surface area contributed by atoms with E-state index in [1.807, 2.05) is 30.3 Å². The maximum absolute atomic E-state index is 13.3. The number of rotatable bonds is 6. The number of benzene rings is 2. The summed E-state index contributed by atoms with van der Waals surface area (Å²) < 4.78 is 7.48. The van der Waals surface area contributed by atoms with Crippen molar-refractivity contribution in [2.45, 2.75) is 25.3 Å². The normalized spacial score (nSPS) is 13.1. The SMILES string of the molecule is COC(=O)c1ccc(NC(=O)Cn2nc(C3CC3)c3cnn(-c4ccccc4)c3c2=O)cc1. The van der Waals surface area contributed by atoms with Crippen molar-refractivity contribution in [1.29, 1.82) is 0 Å². The first-order chi connectivity index (χ1) is 16.0. The molecule has 1 fully saturated rings. The fraction of sp³-hybridized carbons (Fsp3) is 0.208. The monoisotopic (exact) mass is 443 g/mol. The van der Waals surface area contributed by atoms with Crippen LogP contribution >= 0.6 is 0 Å². The topological polar surface area (TPSA) is 108 Å². The van der Waals surface area contributed by atoms with E-state index in [2.05, 4.69) is 20.3 Å². The summed E-state index contributed by atoms with van der Waals surface area (Å²) in [6.45, 7) is -0.243. The van der Waals surface area contributed by atoms with Crippen LogP contribution in [-0.4, -0.2) is 38.5 Å². The Balaban J connectivity index is 1.46. The fourth-order valence-corrected chi connectivity index (χ4v) is 3.77. The molecule has 166 valence electrons. The third-order valence-corrected chi connectivity index (χ3v) is 5.56. The Labute approximate surface area is 188 Å². The van der Waals surface area contributed by atoms with E-state index in [1.54, 1.807) is 35.1 Å². The Kier molecular flexibility index (Phi) is 5.21. The number of ether oxygens (including phenoxy) is 1. The van der Waals surface area contributed by atoms with E-state index in [9.17, 15) is 14.4 Å². The van der Waals surface area contributed by atoms with Crippen molar-refractivity contribution in [2.75, 3.05) is 12.4 Å². The van der Waals surface area contributed by atoms with Crippen molar-refractivity contribution in [3.05, 3.63) is 82.4 Å². The Morgan fingerprint density at radius 1 is 1.09 bits per heavy atom. The molecule has 5 rings (SSSR count). The summed E-state index contributed by atoms with van der Waals surface area (Å²) in [6.07, 6.45) is 3.67. The van der Waals surface area contributed by atoms with Crippen LogP contribution in [0.4, 0.5) is 5.69 Å².